The van der Waals surface area contributed by atoms with Crippen molar-refractivity contribution in [3.63, 3.8) is 0 Å². The number of nitrogens with zero attached hydrogens (tertiary/aromatic N) is 2. The van der Waals surface area contributed by atoms with Gasteiger partial charge in [0, 0.05) is 11.8 Å². The van der Waals surface area contributed by atoms with E-state index in [1.165, 1.54) is 36.0 Å². The van der Waals surface area contributed by atoms with Crippen LogP contribution in [0.3, 0.4) is 0 Å². The van der Waals surface area contributed by atoms with Gasteiger partial charge in [-0.3, -0.25) is 10.2 Å². The molecule has 2 N–H and O–H groups in total. The van der Waals surface area contributed by atoms with E-state index in [1.807, 2.05) is 0 Å². The van der Waals surface area contributed by atoms with Crippen LogP contribution in [0.25, 0.3) is 17.2 Å². The summed E-state index contributed by atoms with van der Waals surface area (Å²) in [5, 5.41) is 16.9. The third-order valence-electron chi connectivity index (χ3n) is 3.52. The maximum Gasteiger partial charge on any atom is 0.432 e. The van der Waals surface area contributed by atoms with Gasteiger partial charge in [-0.2, -0.15) is 13.2 Å². The van der Waals surface area contributed by atoms with Crippen molar-refractivity contribution in [1.82, 2.24) is 15.5 Å². The summed E-state index contributed by atoms with van der Waals surface area (Å²) in [6.07, 6.45) is -1.85. The molecule has 0 fully saturated rings. The van der Waals surface area contributed by atoms with Crippen LogP contribution < -0.4 is 5.32 Å². The van der Waals surface area contributed by atoms with Crippen molar-refractivity contribution in [3.05, 3.63) is 36.2 Å². The topological polar surface area (TPSA) is 135 Å². The van der Waals surface area contributed by atoms with E-state index in [1.54, 1.807) is 6.26 Å². The van der Waals surface area contributed by atoms with Crippen molar-refractivity contribution in [2.75, 3.05) is 25.0 Å². The lowest BCUT2D eigenvalue weighted by atomic mass is 10.2. The van der Waals surface area contributed by atoms with Gasteiger partial charge in [-0.1, -0.05) is 6.07 Å². The molecule has 9 nitrogen and oxygen atoms in total. The van der Waals surface area contributed by atoms with Crippen molar-refractivity contribution in [3.8, 4) is 11.5 Å². The summed E-state index contributed by atoms with van der Waals surface area (Å²) in [6.45, 7) is -0.515. The van der Waals surface area contributed by atoms with Gasteiger partial charge in [-0.15, -0.1) is 22.0 Å². The van der Waals surface area contributed by atoms with Gasteiger partial charge in [0.15, 0.2) is 9.84 Å². The third kappa shape index (κ3) is 7.10. The molecule has 0 aliphatic rings. The smallest absolute Gasteiger partial charge is 0.432 e. The fourth-order valence-corrected chi connectivity index (χ4v) is 2.98. The van der Waals surface area contributed by atoms with Crippen LogP contribution in [0, 0.1) is 5.41 Å². The number of sulfone groups is 1. The number of rotatable bonds is 9. The second kappa shape index (κ2) is 9.96. The van der Waals surface area contributed by atoms with Gasteiger partial charge in [0.25, 0.3) is 5.89 Å². The van der Waals surface area contributed by atoms with E-state index < -0.39 is 45.8 Å². The molecule has 0 aliphatic carbocycles. The number of nitrogens with one attached hydrogen (secondary N) is 2. The lowest BCUT2D eigenvalue weighted by molar-refractivity contribution is -0.140. The number of carbonyl (C=O) groups excluding carboxylic acids is 1. The number of hydrogen-bond acceptors (Lipinski definition) is 10. The molecule has 0 radical (unpaired) electrons. The molecule has 0 aliphatic heterocycles. The Morgan fingerprint density at radius 1 is 1.35 bits per heavy atom. The summed E-state index contributed by atoms with van der Waals surface area (Å²) in [6, 6.07) is 5.53. The Morgan fingerprint density at radius 3 is 2.68 bits per heavy atom. The molecule has 0 saturated heterocycles. The fourth-order valence-electron chi connectivity index (χ4n) is 2.07. The molecule has 168 valence electrons. The van der Waals surface area contributed by atoms with E-state index in [0.717, 1.165) is 6.26 Å². The lowest BCUT2D eigenvalue weighted by Crippen LogP contribution is -2.26. The number of halogens is 3. The monoisotopic (exact) mass is 478 g/mol. The number of allylic oxidation sites excluding steroid dienone is 1. The standard InChI is InChI=1S/C17H17F3N4O5S2/c1-30-9-28-14(25)8-22-12(7-13(21)17(18,19)20)16-24-23-15(29-16)10-4-3-5-11(6-10)31(2,26)27/h3-7,21-22H,8-9H2,1-2H3/b12-7-,21-13?. The first-order valence-corrected chi connectivity index (χ1v) is 11.6. The van der Waals surface area contributed by atoms with Crippen LogP contribution >= 0.6 is 11.8 Å². The third-order valence-corrected chi connectivity index (χ3v) is 4.98. The van der Waals surface area contributed by atoms with E-state index in [9.17, 15) is 26.4 Å². The van der Waals surface area contributed by atoms with Gasteiger partial charge in [0.2, 0.25) is 5.89 Å². The first-order valence-electron chi connectivity index (χ1n) is 8.32. The second-order valence-electron chi connectivity index (χ2n) is 5.96. The molecule has 0 amide bonds. The zero-order valence-corrected chi connectivity index (χ0v) is 17.8. The molecular formula is C17H17F3N4O5S2. The van der Waals surface area contributed by atoms with E-state index in [4.69, 9.17) is 14.6 Å². The molecule has 0 atom stereocenters. The van der Waals surface area contributed by atoms with Gasteiger partial charge in [0.1, 0.15) is 23.9 Å². The number of benzene rings is 1. The van der Waals surface area contributed by atoms with Crippen molar-refractivity contribution in [1.29, 1.82) is 5.41 Å². The Kier molecular flexibility index (Phi) is 7.84. The van der Waals surface area contributed by atoms with E-state index in [2.05, 4.69) is 15.5 Å². The molecule has 1 aromatic heterocycles. The maximum atomic E-state index is 12.8. The highest BCUT2D eigenvalue weighted by Gasteiger charge is 2.33. The number of aromatic nitrogens is 2. The molecule has 0 unspecified atom stereocenters. The summed E-state index contributed by atoms with van der Waals surface area (Å²) in [7, 11) is -3.52. The number of esters is 1. The SMILES string of the molecule is CSCOC(=O)CN/C(=C\C(=N)C(F)(F)F)c1nnc(-c2cccc(S(C)(=O)=O)c2)o1. The Balaban J connectivity index is 2.35. The van der Waals surface area contributed by atoms with Crippen LogP contribution in [-0.4, -0.2) is 61.5 Å². The van der Waals surface area contributed by atoms with Crippen molar-refractivity contribution >= 4 is 39.0 Å². The first-order chi connectivity index (χ1) is 14.4. The van der Waals surface area contributed by atoms with Crippen LogP contribution in [0.15, 0.2) is 39.7 Å². The summed E-state index contributed by atoms with van der Waals surface area (Å²) >= 11 is 1.23. The normalized spacial score (nSPS) is 12.5. The average molecular weight is 478 g/mol. The average Bonchev–Trinajstić information content (AvgIpc) is 3.18. The highest BCUT2D eigenvalue weighted by atomic mass is 32.2. The molecule has 0 spiro atoms. The molecule has 0 saturated carbocycles. The summed E-state index contributed by atoms with van der Waals surface area (Å²) in [4.78, 5) is 11.6. The number of thioether (sulfide) groups is 1. The first kappa shape index (κ1) is 24.4. The van der Waals surface area contributed by atoms with Crippen LogP contribution in [0.1, 0.15) is 5.89 Å². The minimum Gasteiger partial charge on any atom is -0.453 e. The molecule has 31 heavy (non-hydrogen) atoms. The minimum absolute atomic E-state index is 0.0194. The van der Waals surface area contributed by atoms with Gasteiger partial charge in [0.05, 0.1) is 4.90 Å². The summed E-state index contributed by atoms with van der Waals surface area (Å²) in [5.74, 6) is -1.30. The maximum absolute atomic E-state index is 12.8. The van der Waals surface area contributed by atoms with Crippen LogP contribution in [0.4, 0.5) is 13.2 Å². The highest BCUT2D eigenvalue weighted by Crippen LogP contribution is 2.24. The van der Waals surface area contributed by atoms with Crippen LogP contribution in [0.5, 0.6) is 0 Å². The van der Waals surface area contributed by atoms with E-state index >= 15 is 0 Å². The summed E-state index contributed by atoms with van der Waals surface area (Å²) < 4.78 is 72.0. The Morgan fingerprint density at radius 2 is 2.06 bits per heavy atom. The zero-order chi connectivity index (χ0) is 23.2. The number of alkyl halides is 3. The van der Waals surface area contributed by atoms with Crippen molar-refractivity contribution in [2.45, 2.75) is 11.1 Å². The van der Waals surface area contributed by atoms with Gasteiger partial charge in [-0.05, 0) is 30.5 Å². The zero-order valence-electron chi connectivity index (χ0n) is 16.2. The van der Waals surface area contributed by atoms with Crippen molar-refractivity contribution in [2.24, 2.45) is 0 Å². The quantitative estimate of drug-likeness (QED) is 0.317. The molecule has 14 heteroatoms. The number of ether oxygens (including phenoxy) is 1. The molecule has 1 aromatic carbocycles. The molecule has 2 aromatic rings. The molecule has 2 rings (SSSR count). The number of carbonyl (C=O) groups is 1. The Labute approximate surface area is 179 Å². The van der Waals surface area contributed by atoms with Gasteiger partial charge < -0.3 is 14.5 Å². The molecular weight excluding hydrogens is 461 g/mol. The van der Waals surface area contributed by atoms with Gasteiger partial charge in [-0.25, -0.2) is 8.42 Å². The summed E-state index contributed by atoms with van der Waals surface area (Å²) in [5.41, 5.74) is -1.93. The van der Waals surface area contributed by atoms with Crippen molar-refractivity contribution < 1.29 is 35.5 Å². The predicted octanol–water partition coefficient (Wildman–Crippen LogP) is 2.52. The fraction of sp³-hybridized carbons (Fsp3) is 0.294. The molecule has 0 bridgehead atoms. The number of hydrogen-bond donors (Lipinski definition) is 2. The lowest BCUT2D eigenvalue weighted by Gasteiger charge is -2.09. The van der Waals surface area contributed by atoms with Crippen LogP contribution in [0.2, 0.25) is 0 Å². The predicted molar refractivity (Wildman–Crippen MR) is 107 cm³/mol. The Hall–Kier alpha value is -2.87. The molecule has 1 heterocycles. The Bertz CT molecular complexity index is 1100. The highest BCUT2D eigenvalue weighted by molar-refractivity contribution is 7.98. The largest absolute Gasteiger partial charge is 0.453 e. The van der Waals surface area contributed by atoms with E-state index in [-0.39, 0.29) is 22.3 Å². The minimum atomic E-state index is -4.95. The van der Waals surface area contributed by atoms with Crippen LogP contribution in [-0.2, 0) is 19.4 Å². The van der Waals surface area contributed by atoms with Gasteiger partial charge >= 0.3 is 12.1 Å². The van der Waals surface area contributed by atoms with E-state index in [0.29, 0.717) is 6.08 Å². The second-order valence-corrected chi connectivity index (χ2v) is 8.79.